The highest BCUT2D eigenvalue weighted by Crippen LogP contribution is 2.25. The number of esters is 1. The number of piperidine rings is 1. The van der Waals surface area contributed by atoms with Gasteiger partial charge in [-0.3, -0.25) is 9.59 Å². The van der Waals surface area contributed by atoms with Crippen LogP contribution in [0.4, 0.5) is 5.69 Å². The fraction of sp³-hybridized carbons (Fsp3) is 0.364. The molecule has 1 N–H and O–H groups in total. The lowest BCUT2D eigenvalue weighted by Crippen LogP contribution is -2.35. The van der Waals surface area contributed by atoms with Crippen LogP contribution in [0.2, 0.25) is 0 Å². The van der Waals surface area contributed by atoms with Crippen molar-refractivity contribution in [3.63, 3.8) is 0 Å². The van der Waals surface area contributed by atoms with E-state index in [1.807, 2.05) is 18.2 Å². The lowest BCUT2D eigenvalue weighted by molar-refractivity contribution is -0.146. The Morgan fingerprint density at radius 1 is 1.03 bits per heavy atom. The van der Waals surface area contributed by atoms with E-state index in [4.69, 9.17) is 4.74 Å². The van der Waals surface area contributed by atoms with Gasteiger partial charge >= 0.3 is 5.97 Å². The number of sulfonamides is 1. The highest BCUT2D eigenvalue weighted by molar-refractivity contribution is 7.89. The van der Waals surface area contributed by atoms with Gasteiger partial charge in [-0.25, -0.2) is 8.42 Å². The maximum absolute atomic E-state index is 12.9. The molecule has 1 aliphatic rings. The van der Waals surface area contributed by atoms with Crippen molar-refractivity contribution in [3.8, 4) is 0 Å². The summed E-state index contributed by atoms with van der Waals surface area (Å²) in [7, 11) is -3.60. The van der Waals surface area contributed by atoms with Crippen LogP contribution in [0.5, 0.6) is 0 Å². The number of nitrogens with one attached hydrogen (secondary N) is 1. The highest BCUT2D eigenvalue weighted by atomic mass is 32.2. The summed E-state index contributed by atoms with van der Waals surface area (Å²) in [6, 6.07) is 13.8. The van der Waals surface area contributed by atoms with Gasteiger partial charge in [0.15, 0.2) is 6.61 Å². The first-order valence-electron chi connectivity index (χ1n) is 9.96. The first kappa shape index (κ1) is 22.0. The maximum Gasteiger partial charge on any atom is 0.310 e. The number of carbonyl (C=O) groups excluding carboxylic acids is 2. The van der Waals surface area contributed by atoms with E-state index in [1.165, 1.54) is 10.4 Å². The highest BCUT2D eigenvalue weighted by Gasteiger charge is 2.26. The van der Waals surface area contributed by atoms with Gasteiger partial charge in [0, 0.05) is 18.8 Å². The van der Waals surface area contributed by atoms with Crippen LogP contribution in [-0.2, 0) is 30.8 Å². The van der Waals surface area contributed by atoms with Gasteiger partial charge in [-0.05, 0) is 43.0 Å². The van der Waals surface area contributed by atoms with Crippen LogP contribution in [0, 0.1) is 6.92 Å². The molecule has 1 saturated heterocycles. The van der Waals surface area contributed by atoms with Gasteiger partial charge in [-0.1, -0.05) is 42.8 Å². The van der Waals surface area contributed by atoms with Gasteiger partial charge in [0.2, 0.25) is 10.0 Å². The Morgan fingerprint density at radius 3 is 2.43 bits per heavy atom. The van der Waals surface area contributed by atoms with Crippen molar-refractivity contribution in [3.05, 3.63) is 59.7 Å². The summed E-state index contributed by atoms with van der Waals surface area (Å²) in [6.45, 7) is 2.35. The molecular weight excluding hydrogens is 404 g/mol. The summed E-state index contributed by atoms with van der Waals surface area (Å²) >= 11 is 0. The van der Waals surface area contributed by atoms with Crippen LogP contribution in [-0.4, -0.2) is 44.3 Å². The molecular formula is C22H26N2O5S. The zero-order valence-corrected chi connectivity index (χ0v) is 17.8. The molecule has 0 aliphatic carbocycles. The minimum absolute atomic E-state index is 0.0801. The molecule has 0 unspecified atom stereocenters. The fourth-order valence-corrected chi connectivity index (χ4v) is 4.84. The molecule has 0 spiro atoms. The van der Waals surface area contributed by atoms with Crippen molar-refractivity contribution in [1.29, 1.82) is 0 Å². The largest absolute Gasteiger partial charge is 0.455 e. The topological polar surface area (TPSA) is 92.8 Å². The van der Waals surface area contributed by atoms with E-state index in [1.54, 1.807) is 31.2 Å². The zero-order valence-electron chi connectivity index (χ0n) is 17.0. The van der Waals surface area contributed by atoms with Gasteiger partial charge in [0.05, 0.1) is 11.3 Å². The zero-order chi connectivity index (χ0) is 21.6. The van der Waals surface area contributed by atoms with E-state index in [0.717, 1.165) is 30.4 Å². The summed E-state index contributed by atoms with van der Waals surface area (Å²) in [4.78, 5) is 24.3. The molecule has 30 heavy (non-hydrogen) atoms. The van der Waals surface area contributed by atoms with Gasteiger partial charge < -0.3 is 10.1 Å². The van der Waals surface area contributed by atoms with Crippen LogP contribution in [0.1, 0.15) is 30.4 Å². The first-order valence-corrected chi connectivity index (χ1v) is 11.4. The molecule has 7 nitrogen and oxygen atoms in total. The average molecular weight is 431 g/mol. The molecule has 8 heteroatoms. The Hall–Kier alpha value is -2.71. The number of hydrogen-bond donors (Lipinski definition) is 1. The summed E-state index contributed by atoms with van der Waals surface area (Å²) in [5, 5.41) is 2.65. The van der Waals surface area contributed by atoms with Crippen LogP contribution in [0.25, 0.3) is 0 Å². The van der Waals surface area contributed by atoms with Crippen LogP contribution < -0.4 is 5.32 Å². The maximum atomic E-state index is 12.9. The smallest absolute Gasteiger partial charge is 0.310 e. The van der Waals surface area contributed by atoms with E-state index in [9.17, 15) is 18.0 Å². The van der Waals surface area contributed by atoms with Crippen molar-refractivity contribution in [2.24, 2.45) is 0 Å². The lowest BCUT2D eigenvalue weighted by atomic mass is 10.2. The summed E-state index contributed by atoms with van der Waals surface area (Å²) < 4.78 is 32.3. The van der Waals surface area contributed by atoms with Gasteiger partial charge in [0.25, 0.3) is 5.91 Å². The van der Waals surface area contributed by atoms with Crippen molar-refractivity contribution in [1.82, 2.24) is 4.31 Å². The van der Waals surface area contributed by atoms with E-state index in [2.05, 4.69) is 5.32 Å². The number of rotatable bonds is 7. The Labute approximate surface area is 177 Å². The Morgan fingerprint density at radius 2 is 1.73 bits per heavy atom. The van der Waals surface area contributed by atoms with Crippen LogP contribution >= 0.6 is 0 Å². The number of benzene rings is 2. The van der Waals surface area contributed by atoms with E-state index in [0.29, 0.717) is 18.8 Å². The molecule has 0 aromatic heterocycles. The number of amides is 1. The molecule has 0 saturated carbocycles. The standard InChI is InChI=1S/C22H26N2O5S/c1-17-10-11-19(30(27,28)24-12-6-3-7-13-24)15-20(17)23-21(25)16-29-22(26)14-18-8-4-2-5-9-18/h2,4-5,8-11,15H,3,6-7,12-14,16H2,1H3,(H,23,25). The second-order valence-electron chi connectivity index (χ2n) is 7.31. The summed E-state index contributed by atoms with van der Waals surface area (Å²) in [5.74, 6) is -1.03. The van der Waals surface area contributed by atoms with Gasteiger partial charge in [-0.2, -0.15) is 4.31 Å². The van der Waals surface area contributed by atoms with Crippen molar-refractivity contribution >= 4 is 27.6 Å². The molecule has 1 aliphatic heterocycles. The van der Waals surface area contributed by atoms with E-state index in [-0.39, 0.29) is 11.3 Å². The van der Waals surface area contributed by atoms with Gasteiger partial charge in [-0.15, -0.1) is 0 Å². The number of carbonyl (C=O) groups is 2. The lowest BCUT2D eigenvalue weighted by Gasteiger charge is -2.26. The molecule has 1 fully saturated rings. The molecule has 0 bridgehead atoms. The van der Waals surface area contributed by atoms with E-state index < -0.39 is 28.5 Å². The van der Waals surface area contributed by atoms with E-state index >= 15 is 0 Å². The summed E-state index contributed by atoms with van der Waals surface area (Å²) in [6.07, 6.45) is 2.81. The predicted molar refractivity (Wildman–Crippen MR) is 114 cm³/mol. The van der Waals surface area contributed by atoms with Crippen molar-refractivity contribution in [2.45, 2.75) is 37.5 Å². The number of aryl methyl sites for hydroxylation is 1. The Kier molecular flexibility index (Phi) is 7.23. The number of hydrogen-bond acceptors (Lipinski definition) is 5. The van der Waals surface area contributed by atoms with Crippen LogP contribution in [0.3, 0.4) is 0 Å². The number of anilines is 1. The molecule has 1 heterocycles. The van der Waals surface area contributed by atoms with Gasteiger partial charge in [0.1, 0.15) is 0 Å². The monoisotopic (exact) mass is 430 g/mol. The van der Waals surface area contributed by atoms with Crippen molar-refractivity contribution in [2.75, 3.05) is 25.0 Å². The number of nitrogens with zero attached hydrogens (tertiary/aromatic N) is 1. The SMILES string of the molecule is Cc1ccc(S(=O)(=O)N2CCCCC2)cc1NC(=O)COC(=O)Cc1ccccc1. The Bertz CT molecular complexity index is 999. The molecule has 0 atom stereocenters. The van der Waals surface area contributed by atoms with Crippen LogP contribution in [0.15, 0.2) is 53.4 Å². The summed E-state index contributed by atoms with van der Waals surface area (Å²) in [5.41, 5.74) is 1.91. The third-order valence-corrected chi connectivity index (χ3v) is 6.89. The molecule has 2 aromatic carbocycles. The second-order valence-corrected chi connectivity index (χ2v) is 9.25. The fourth-order valence-electron chi connectivity index (χ4n) is 3.30. The molecule has 160 valence electrons. The molecule has 2 aromatic rings. The third-order valence-electron chi connectivity index (χ3n) is 4.99. The minimum Gasteiger partial charge on any atom is -0.455 e. The molecule has 0 radical (unpaired) electrons. The quantitative estimate of drug-likeness (QED) is 0.682. The molecule has 3 rings (SSSR count). The normalized spacial score (nSPS) is 14.8. The van der Waals surface area contributed by atoms with Crippen molar-refractivity contribution < 1.29 is 22.7 Å². The second kappa shape index (κ2) is 9.86. The molecule has 1 amide bonds. The first-order chi connectivity index (χ1) is 14.4. The Balaban J connectivity index is 1.61. The average Bonchev–Trinajstić information content (AvgIpc) is 2.75. The predicted octanol–water partition coefficient (Wildman–Crippen LogP) is 2.89. The third kappa shape index (κ3) is 5.67. The number of ether oxygens (including phenoxy) is 1. The minimum atomic E-state index is -3.60.